The predicted octanol–water partition coefficient (Wildman–Crippen LogP) is -1.42. The average molecular weight is 651 g/mol. The number of unbranched alkanes of at least 4 members (excludes halogenated alkanes) is 3. The number of azo groups is 1. The number of benzene rings is 3. The number of aryl methyl sites for hydroxylation is 1. The van der Waals surface area contributed by atoms with Gasteiger partial charge in [-0.15, -0.1) is 10.3 Å². The molecule has 0 fully saturated rings. The van der Waals surface area contributed by atoms with Crippen LogP contribution in [-0.2, 0) is 26.7 Å². The zero-order valence-corrected chi connectivity index (χ0v) is 29.6. The van der Waals surface area contributed by atoms with Crippen LogP contribution in [0.4, 0.5) is 17.1 Å². The van der Waals surface area contributed by atoms with Crippen molar-refractivity contribution < 1.29 is 100 Å². The largest absolute Gasteiger partial charge is 1.00 e. The minimum Gasteiger partial charge on any atom is -0.870 e. The molecule has 0 saturated heterocycles. The maximum Gasteiger partial charge on any atom is 1.00 e. The molecule has 0 aliphatic carbocycles. The summed E-state index contributed by atoms with van der Waals surface area (Å²) in [6.45, 7) is 1.71. The van der Waals surface area contributed by atoms with Crippen molar-refractivity contribution in [3.63, 3.8) is 0 Å². The summed E-state index contributed by atoms with van der Waals surface area (Å²) in [7, 11) is -9.89. The molecule has 0 amide bonds. The van der Waals surface area contributed by atoms with Crippen LogP contribution in [0.5, 0.6) is 5.75 Å². The van der Waals surface area contributed by atoms with E-state index in [0.717, 1.165) is 49.4 Å². The molecule has 0 unspecified atom stereocenters. The third-order valence-electron chi connectivity index (χ3n) is 5.95. The molecule has 13 nitrogen and oxygen atoms in total. The van der Waals surface area contributed by atoms with Crippen molar-refractivity contribution in [1.29, 1.82) is 0 Å². The summed E-state index contributed by atoms with van der Waals surface area (Å²) in [5.41, 5.74) is 0.101. The Kier molecular flexibility index (Phi) is 15.9. The second-order valence-electron chi connectivity index (χ2n) is 9.06. The molecule has 0 aliphatic rings. The van der Waals surface area contributed by atoms with E-state index in [4.69, 9.17) is 5.21 Å². The molecule has 220 valence electrons. The SMILES string of the molecule is CCCC([O-])=Nc1cc(S(=O)(=O)O)cc2cc(S(=O)(=O)O)c(N=Nc3ccc(CCCCC/C=N\O)cc3)c([O-])c12.[Na+].[Na+]. The number of hydrogen-bond donors (Lipinski definition) is 3. The minimum atomic E-state index is -5.06. The smallest absolute Gasteiger partial charge is 0.870 e. The number of rotatable bonds is 13. The normalized spacial score (nSPS) is 12.5. The van der Waals surface area contributed by atoms with Crippen LogP contribution in [0.1, 0.15) is 51.0 Å². The first-order valence-electron chi connectivity index (χ1n) is 12.5. The molecule has 43 heavy (non-hydrogen) atoms. The standard InChI is InChI=1S/C26H30N4O9S2.2Na/c1-2-7-23(31)28-21-16-20(40(34,35)36)14-18-15-22(41(37,38)39)25(26(32)24(18)21)30-29-19-11-9-17(10-12-19)8-5-3-4-6-13-27-33;;/h9-16,32-33H,2-8H2,1H3,(H,28,31)(H,34,35,36)(H,37,38,39);;/q;2*+1/p-2/b27-13-,30-29?;;. The van der Waals surface area contributed by atoms with E-state index in [0.29, 0.717) is 12.8 Å². The molecule has 0 heterocycles. The van der Waals surface area contributed by atoms with E-state index in [9.17, 15) is 36.2 Å². The van der Waals surface area contributed by atoms with Gasteiger partial charge in [-0.1, -0.05) is 37.6 Å². The van der Waals surface area contributed by atoms with Crippen molar-refractivity contribution >= 4 is 60.2 Å². The van der Waals surface area contributed by atoms with Gasteiger partial charge in [0, 0.05) is 11.6 Å². The first-order valence-corrected chi connectivity index (χ1v) is 15.4. The average Bonchev–Trinajstić information content (AvgIpc) is 2.89. The van der Waals surface area contributed by atoms with Gasteiger partial charge in [0.2, 0.25) is 0 Å². The Morgan fingerprint density at radius 3 is 2.19 bits per heavy atom. The topological polar surface area (TPSA) is 225 Å². The van der Waals surface area contributed by atoms with E-state index in [1.54, 1.807) is 31.2 Å². The zero-order valence-electron chi connectivity index (χ0n) is 24.0. The molecule has 3 rings (SSSR count). The van der Waals surface area contributed by atoms with E-state index in [1.807, 2.05) is 0 Å². The van der Waals surface area contributed by atoms with E-state index < -0.39 is 53.0 Å². The quantitative estimate of drug-likeness (QED) is 0.0288. The molecule has 3 N–H and O–H groups in total. The van der Waals surface area contributed by atoms with Gasteiger partial charge in [0.15, 0.2) is 0 Å². The van der Waals surface area contributed by atoms with E-state index >= 15 is 0 Å². The predicted molar refractivity (Wildman–Crippen MR) is 148 cm³/mol. The van der Waals surface area contributed by atoms with Crippen LogP contribution in [0, 0.1) is 0 Å². The van der Waals surface area contributed by atoms with Crippen molar-refractivity contribution in [1.82, 2.24) is 0 Å². The summed E-state index contributed by atoms with van der Waals surface area (Å²) < 4.78 is 67.3. The number of nitrogens with zero attached hydrogens (tertiary/aromatic N) is 4. The van der Waals surface area contributed by atoms with Crippen molar-refractivity contribution in [3.8, 4) is 5.75 Å². The molecule has 0 atom stereocenters. The van der Waals surface area contributed by atoms with Crippen molar-refractivity contribution in [2.24, 2.45) is 20.4 Å². The Hall–Kier alpha value is -1.92. The summed E-state index contributed by atoms with van der Waals surface area (Å²) in [5, 5.41) is 44.1. The molecule has 0 radical (unpaired) electrons. The van der Waals surface area contributed by atoms with Gasteiger partial charge in [-0.3, -0.25) is 14.1 Å². The fraction of sp³-hybridized carbons (Fsp3) is 0.308. The molecule has 3 aromatic carbocycles. The molecule has 0 spiro atoms. The van der Waals surface area contributed by atoms with Crippen LogP contribution in [0.3, 0.4) is 0 Å². The van der Waals surface area contributed by atoms with Crippen LogP contribution in [0.2, 0.25) is 0 Å². The first-order chi connectivity index (χ1) is 19.3. The molecule has 3 aromatic rings. The Morgan fingerprint density at radius 2 is 1.60 bits per heavy atom. The Morgan fingerprint density at radius 1 is 0.930 bits per heavy atom. The fourth-order valence-electron chi connectivity index (χ4n) is 3.99. The summed E-state index contributed by atoms with van der Waals surface area (Å²) in [5.74, 6) is -1.76. The van der Waals surface area contributed by atoms with E-state index in [1.165, 1.54) is 6.21 Å². The minimum absolute atomic E-state index is 0. The molecular formula is C26H28N4Na2O9S2. The summed E-state index contributed by atoms with van der Waals surface area (Å²) in [4.78, 5) is 2.12. The molecule has 17 heteroatoms. The summed E-state index contributed by atoms with van der Waals surface area (Å²) in [6.07, 6.45) is 6.02. The molecule has 0 aliphatic heterocycles. The molecule has 0 bridgehead atoms. The summed E-state index contributed by atoms with van der Waals surface area (Å²) in [6, 6.07) is 9.24. The van der Waals surface area contributed by atoms with Crippen molar-refractivity contribution in [2.45, 2.75) is 61.7 Å². The third-order valence-corrected chi connectivity index (χ3v) is 7.65. The fourth-order valence-corrected chi connectivity index (χ4v) is 5.18. The van der Waals surface area contributed by atoms with E-state index in [-0.39, 0.29) is 82.0 Å². The maximum atomic E-state index is 13.5. The van der Waals surface area contributed by atoms with Crippen LogP contribution in [0.15, 0.2) is 72.6 Å². The monoisotopic (exact) mass is 650 g/mol. The van der Waals surface area contributed by atoms with Gasteiger partial charge < -0.3 is 15.4 Å². The number of oxime groups is 1. The van der Waals surface area contributed by atoms with Gasteiger partial charge in [-0.05, 0) is 79.3 Å². The second kappa shape index (κ2) is 17.5. The van der Waals surface area contributed by atoms with Gasteiger partial charge >= 0.3 is 59.1 Å². The molecular weight excluding hydrogens is 622 g/mol. The van der Waals surface area contributed by atoms with Gasteiger partial charge in [-0.2, -0.15) is 21.9 Å². The van der Waals surface area contributed by atoms with Crippen LogP contribution in [0.25, 0.3) is 10.8 Å². The molecule has 0 saturated carbocycles. The van der Waals surface area contributed by atoms with Gasteiger partial charge in [0.1, 0.15) is 4.90 Å². The van der Waals surface area contributed by atoms with Gasteiger partial charge in [0.05, 0.1) is 22.0 Å². The van der Waals surface area contributed by atoms with Crippen LogP contribution < -0.4 is 69.3 Å². The van der Waals surface area contributed by atoms with Crippen LogP contribution >= 0.6 is 0 Å². The Labute approximate surface area is 293 Å². The van der Waals surface area contributed by atoms with Crippen LogP contribution in [-0.4, -0.2) is 43.3 Å². The van der Waals surface area contributed by atoms with Gasteiger partial charge in [-0.25, -0.2) is 0 Å². The number of hydrogen-bond acceptors (Lipinski definition) is 11. The summed E-state index contributed by atoms with van der Waals surface area (Å²) >= 11 is 0. The maximum absolute atomic E-state index is 13.5. The Bertz CT molecular complexity index is 1710. The van der Waals surface area contributed by atoms with E-state index in [2.05, 4.69) is 20.4 Å². The second-order valence-corrected chi connectivity index (χ2v) is 11.9. The zero-order chi connectivity index (χ0) is 30.2. The third kappa shape index (κ3) is 11.2. The molecule has 0 aromatic heterocycles. The number of aliphatic imine (C=N–C) groups is 1. The first kappa shape index (κ1) is 39.1. The van der Waals surface area contributed by atoms with Crippen molar-refractivity contribution in [2.75, 3.05) is 0 Å². The Balaban J connectivity index is 0.00000462. The number of fused-ring (bicyclic) bond motifs is 1. The van der Waals surface area contributed by atoms with Gasteiger partial charge in [0.25, 0.3) is 20.2 Å². The van der Waals surface area contributed by atoms with Crippen molar-refractivity contribution in [3.05, 3.63) is 48.0 Å².